The normalized spacial score (nSPS) is 13.7. The molecule has 0 radical (unpaired) electrons. The van der Waals surface area contributed by atoms with Crippen molar-refractivity contribution in [3.63, 3.8) is 0 Å². The number of fused-ring (bicyclic) bond motifs is 1. The summed E-state index contributed by atoms with van der Waals surface area (Å²) in [5, 5.41) is 0.915. The summed E-state index contributed by atoms with van der Waals surface area (Å²) >= 11 is 0. The molecule has 0 unspecified atom stereocenters. The molecule has 0 spiro atoms. The Balaban J connectivity index is 2.78. The van der Waals surface area contributed by atoms with Crippen molar-refractivity contribution in [2.24, 2.45) is 7.05 Å². The summed E-state index contributed by atoms with van der Waals surface area (Å²) in [6.07, 6.45) is 1.68. The third-order valence-corrected chi connectivity index (χ3v) is 9.82. The van der Waals surface area contributed by atoms with E-state index in [2.05, 4.69) is 4.98 Å². The smallest absolute Gasteiger partial charge is 0.304 e. The van der Waals surface area contributed by atoms with Gasteiger partial charge in [0.1, 0.15) is 11.4 Å². The third kappa shape index (κ3) is 2.35. The summed E-state index contributed by atoms with van der Waals surface area (Å²) in [5.74, 6) is 0.697. The summed E-state index contributed by atoms with van der Waals surface area (Å²) in [4.78, 5) is 4.44. The van der Waals surface area contributed by atoms with E-state index in [0.717, 1.165) is 16.4 Å². The predicted molar refractivity (Wildman–Crippen MR) is 93.2 cm³/mol. The standard InChI is InChI=1S/C17H27FN2OSi/c1-16(2,3)22(18,17(4,5)6)14-10-12-9-13(21-8)11-19-15(12)20(14)7/h9-11H,1-8H3. The first-order valence-electron chi connectivity index (χ1n) is 7.62. The molecular formula is C17H27FN2OSi. The molecule has 22 heavy (non-hydrogen) atoms. The van der Waals surface area contributed by atoms with Crippen LogP contribution < -0.4 is 10.1 Å². The molecule has 2 heterocycles. The molecule has 0 amide bonds. The fraction of sp³-hybridized carbons (Fsp3) is 0.588. The van der Waals surface area contributed by atoms with Crippen LogP contribution in [0, 0.1) is 0 Å². The zero-order valence-corrected chi connectivity index (χ0v) is 15.9. The molecule has 0 saturated heterocycles. The number of hydrogen-bond donors (Lipinski definition) is 0. The van der Waals surface area contributed by atoms with Crippen LogP contribution in [0.2, 0.25) is 10.1 Å². The maximum Gasteiger partial charge on any atom is 0.304 e. The van der Waals surface area contributed by atoms with Gasteiger partial charge in [0, 0.05) is 17.8 Å². The Kier molecular flexibility index (Phi) is 3.93. The molecule has 0 N–H and O–H groups in total. The Hall–Kier alpha value is -1.36. The fourth-order valence-corrected chi connectivity index (χ4v) is 8.24. The minimum Gasteiger partial charge on any atom is -0.495 e. The third-order valence-electron chi connectivity index (χ3n) is 4.50. The first-order valence-corrected chi connectivity index (χ1v) is 9.50. The number of halogens is 1. The van der Waals surface area contributed by atoms with Gasteiger partial charge < -0.3 is 13.4 Å². The van der Waals surface area contributed by atoms with Crippen molar-refractivity contribution in [3.05, 3.63) is 18.3 Å². The van der Waals surface area contributed by atoms with Gasteiger partial charge in [0.15, 0.2) is 0 Å². The molecule has 0 fully saturated rings. The molecule has 0 aliphatic heterocycles. The molecule has 0 aromatic carbocycles. The minimum atomic E-state index is -3.30. The molecule has 0 aliphatic rings. The van der Waals surface area contributed by atoms with E-state index in [4.69, 9.17) is 4.74 Å². The van der Waals surface area contributed by atoms with Crippen molar-refractivity contribution in [2.75, 3.05) is 7.11 Å². The van der Waals surface area contributed by atoms with Crippen molar-refractivity contribution in [1.29, 1.82) is 0 Å². The molecule has 2 aromatic rings. The second kappa shape index (κ2) is 5.08. The largest absolute Gasteiger partial charge is 0.495 e. The SMILES string of the molecule is COc1cnc2c(c1)cc([Si](F)(C(C)(C)C)C(C)(C)C)n2C. The van der Waals surface area contributed by atoms with Gasteiger partial charge in [-0.3, -0.25) is 0 Å². The Morgan fingerprint density at radius 1 is 1.09 bits per heavy atom. The fourth-order valence-electron chi connectivity index (χ4n) is 3.53. The van der Waals surface area contributed by atoms with E-state index in [1.807, 2.05) is 65.3 Å². The van der Waals surface area contributed by atoms with Crippen molar-refractivity contribution >= 4 is 24.8 Å². The van der Waals surface area contributed by atoms with Crippen molar-refractivity contribution in [2.45, 2.75) is 51.6 Å². The van der Waals surface area contributed by atoms with Crippen LogP contribution in [0.15, 0.2) is 18.3 Å². The zero-order chi connectivity index (χ0) is 16.9. The lowest BCUT2D eigenvalue weighted by Crippen LogP contribution is -2.60. The van der Waals surface area contributed by atoms with Crippen LogP contribution in [0.1, 0.15) is 41.5 Å². The van der Waals surface area contributed by atoms with Gasteiger partial charge in [-0.1, -0.05) is 41.5 Å². The number of aryl methyl sites for hydroxylation is 1. The van der Waals surface area contributed by atoms with Crippen LogP contribution in [0.5, 0.6) is 5.75 Å². The maximum atomic E-state index is 16.5. The van der Waals surface area contributed by atoms with E-state index < -0.39 is 18.5 Å². The van der Waals surface area contributed by atoms with Gasteiger partial charge in [0.2, 0.25) is 0 Å². The van der Waals surface area contributed by atoms with E-state index >= 15 is 4.11 Å². The Bertz CT molecular complexity index is 681. The van der Waals surface area contributed by atoms with Crippen LogP contribution in [0.3, 0.4) is 0 Å². The molecule has 2 aromatic heterocycles. The number of ether oxygens (including phenoxy) is 1. The highest BCUT2D eigenvalue weighted by molar-refractivity contribution is 6.90. The number of aromatic nitrogens is 2. The lowest BCUT2D eigenvalue weighted by atomic mass is 10.2. The van der Waals surface area contributed by atoms with Gasteiger partial charge in [-0.25, -0.2) is 4.98 Å². The van der Waals surface area contributed by atoms with Crippen molar-refractivity contribution in [1.82, 2.24) is 9.55 Å². The van der Waals surface area contributed by atoms with E-state index in [1.54, 1.807) is 13.3 Å². The van der Waals surface area contributed by atoms with Gasteiger partial charge in [-0.05, 0) is 22.2 Å². The second-order valence-electron chi connectivity index (χ2n) is 8.04. The van der Waals surface area contributed by atoms with E-state index in [0.29, 0.717) is 5.75 Å². The number of rotatable bonds is 2. The first-order chi connectivity index (χ1) is 9.93. The second-order valence-corrected chi connectivity index (χ2v) is 12.9. The van der Waals surface area contributed by atoms with Crippen LogP contribution in [-0.4, -0.2) is 25.1 Å². The van der Waals surface area contributed by atoms with E-state index in [9.17, 15) is 0 Å². The highest BCUT2D eigenvalue weighted by Crippen LogP contribution is 2.51. The van der Waals surface area contributed by atoms with Crippen LogP contribution in [0.25, 0.3) is 11.0 Å². The topological polar surface area (TPSA) is 27.1 Å². The highest BCUT2D eigenvalue weighted by Gasteiger charge is 2.58. The molecule has 0 atom stereocenters. The van der Waals surface area contributed by atoms with E-state index in [1.165, 1.54) is 0 Å². The van der Waals surface area contributed by atoms with Crippen LogP contribution in [-0.2, 0) is 7.05 Å². The van der Waals surface area contributed by atoms with Crippen molar-refractivity contribution in [3.8, 4) is 5.75 Å². The Labute approximate surface area is 133 Å². The number of hydrogen-bond acceptors (Lipinski definition) is 2. The van der Waals surface area contributed by atoms with Gasteiger partial charge >= 0.3 is 8.41 Å². The molecular weight excluding hydrogens is 295 g/mol. The first kappa shape index (κ1) is 17.0. The average molecular weight is 322 g/mol. The maximum absolute atomic E-state index is 16.5. The summed E-state index contributed by atoms with van der Waals surface area (Å²) in [7, 11) is 0.227. The van der Waals surface area contributed by atoms with Crippen LogP contribution >= 0.6 is 0 Å². The Morgan fingerprint density at radius 3 is 2.09 bits per heavy atom. The average Bonchev–Trinajstić information content (AvgIpc) is 2.72. The monoisotopic (exact) mass is 322 g/mol. The highest BCUT2D eigenvalue weighted by atomic mass is 28.4. The van der Waals surface area contributed by atoms with Crippen molar-refractivity contribution < 1.29 is 8.84 Å². The van der Waals surface area contributed by atoms with Gasteiger partial charge in [-0.2, -0.15) is 0 Å². The molecule has 0 aliphatic carbocycles. The molecule has 3 nitrogen and oxygen atoms in total. The lowest BCUT2D eigenvalue weighted by Gasteiger charge is -2.44. The quantitative estimate of drug-likeness (QED) is 0.609. The number of methoxy groups -OCH3 is 1. The van der Waals surface area contributed by atoms with E-state index in [-0.39, 0.29) is 0 Å². The summed E-state index contributed by atoms with van der Waals surface area (Å²) in [5.41, 5.74) is 0.804. The van der Waals surface area contributed by atoms with Gasteiger partial charge in [0.05, 0.1) is 13.3 Å². The number of pyridine rings is 1. The zero-order valence-electron chi connectivity index (χ0n) is 14.9. The summed E-state index contributed by atoms with van der Waals surface area (Å²) in [6.45, 7) is 12.1. The molecule has 2 rings (SSSR count). The lowest BCUT2D eigenvalue weighted by molar-refractivity contribution is 0.413. The summed E-state index contributed by atoms with van der Waals surface area (Å²) in [6, 6.07) is 3.89. The molecule has 122 valence electrons. The predicted octanol–water partition coefficient (Wildman–Crippen LogP) is 4.30. The van der Waals surface area contributed by atoms with Gasteiger partial charge in [0.25, 0.3) is 0 Å². The minimum absolute atomic E-state index is 0.405. The molecule has 0 saturated carbocycles. The molecule has 0 bridgehead atoms. The Morgan fingerprint density at radius 2 is 1.64 bits per heavy atom. The summed E-state index contributed by atoms with van der Waals surface area (Å²) < 4.78 is 23.6. The van der Waals surface area contributed by atoms with Crippen LogP contribution in [0.4, 0.5) is 4.11 Å². The number of nitrogens with zero attached hydrogens (tertiary/aromatic N) is 2. The van der Waals surface area contributed by atoms with Gasteiger partial charge in [-0.15, -0.1) is 0 Å². The molecule has 5 heteroatoms.